The van der Waals surface area contributed by atoms with Crippen molar-refractivity contribution in [2.24, 2.45) is 5.92 Å². The molecular weight excluding hydrogens is 186 g/mol. The molecule has 0 bridgehead atoms. The molecule has 2 fully saturated rings. The highest BCUT2D eigenvalue weighted by Gasteiger charge is 2.24. The second-order valence-corrected chi connectivity index (χ2v) is 5.52. The first-order valence-corrected chi connectivity index (χ1v) is 6.63. The second kappa shape index (κ2) is 5.31. The quantitative estimate of drug-likeness (QED) is 0.755. The Morgan fingerprint density at radius 1 is 1.27 bits per heavy atom. The van der Waals surface area contributed by atoms with Crippen LogP contribution in [0.4, 0.5) is 0 Å². The van der Waals surface area contributed by atoms with Crippen molar-refractivity contribution in [2.45, 2.75) is 70.6 Å². The van der Waals surface area contributed by atoms with Crippen LogP contribution in [-0.2, 0) is 4.74 Å². The van der Waals surface area contributed by atoms with Crippen LogP contribution in [0, 0.1) is 5.92 Å². The molecule has 0 aromatic carbocycles. The van der Waals surface area contributed by atoms with Gasteiger partial charge in [-0.1, -0.05) is 13.3 Å². The van der Waals surface area contributed by atoms with Gasteiger partial charge < -0.3 is 10.1 Å². The monoisotopic (exact) mass is 211 g/mol. The van der Waals surface area contributed by atoms with E-state index in [1.54, 1.807) is 0 Å². The molecule has 0 spiro atoms. The Hall–Kier alpha value is -0.0800. The predicted octanol–water partition coefficient (Wildman–Crippen LogP) is 2.72. The van der Waals surface area contributed by atoms with Gasteiger partial charge in [0, 0.05) is 6.04 Å². The molecule has 0 radical (unpaired) electrons. The van der Waals surface area contributed by atoms with Crippen LogP contribution >= 0.6 is 0 Å². The van der Waals surface area contributed by atoms with Crippen LogP contribution in [0.5, 0.6) is 0 Å². The van der Waals surface area contributed by atoms with Gasteiger partial charge in [-0.25, -0.2) is 0 Å². The fraction of sp³-hybridized carbons (Fsp3) is 1.00. The Labute approximate surface area is 93.8 Å². The van der Waals surface area contributed by atoms with Gasteiger partial charge in [0.15, 0.2) is 0 Å². The first kappa shape index (κ1) is 11.4. The summed E-state index contributed by atoms with van der Waals surface area (Å²) in [5, 5.41) is 3.65. The Balaban J connectivity index is 1.57. The van der Waals surface area contributed by atoms with Crippen molar-refractivity contribution in [2.75, 3.05) is 6.54 Å². The number of hydrogen-bond donors (Lipinski definition) is 1. The van der Waals surface area contributed by atoms with Gasteiger partial charge in [-0.05, 0) is 51.5 Å². The molecule has 1 aliphatic carbocycles. The van der Waals surface area contributed by atoms with E-state index in [2.05, 4.69) is 19.2 Å². The van der Waals surface area contributed by atoms with E-state index in [9.17, 15) is 0 Å². The molecule has 88 valence electrons. The highest BCUT2D eigenvalue weighted by atomic mass is 16.5. The van der Waals surface area contributed by atoms with Gasteiger partial charge >= 0.3 is 0 Å². The number of ether oxygens (including phenoxy) is 1. The van der Waals surface area contributed by atoms with E-state index < -0.39 is 0 Å². The molecule has 1 saturated carbocycles. The van der Waals surface area contributed by atoms with Gasteiger partial charge in [0.1, 0.15) is 0 Å². The van der Waals surface area contributed by atoms with Crippen molar-refractivity contribution in [3.63, 3.8) is 0 Å². The lowest BCUT2D eigenvalue weighted by atomic mass is 9.92. The summed E-state index contributed by atoms with van der Waals surface area (Å²) in [5.74, 6) is 0.765. The average molecular weight is 211 g/mol. The fourth-order valence-electron chi connectivity index (χ4n) is 2.57. The summed E-state index contributed by atoms with van der Waals surface area (Å²) in [6.07, 6.45) is 9.02. The molecule has 0 aromatic heterocycles. The Morgan fingerprint density at radius 3 is 2.60 bits per heavy atom. The first-order valence-electron chi connectivity index (χ1n) is 6.63. The van der Waals surface area contributed by atoms with Crippen molar-refractivity contribution >= 4 is 0 Å². The number of hydrogen-bond acceptors (Lipinski definition) is 2. The van der Waals surface area contributed by atoms with Gasteiger partial charge in [0.25, 0.3) is 0 Å². The van der Waals surface area contributed by atoms with Crippen LogP contribution in [0.15, 0.2) is 0 Å². The molecule has 2 aliphatic rings. The summed E-state index contributed by atoms with van der Waals surface area (Å²) in [6, 6.07) is 0.830. The Bertz CT molecular complexity index is 191. The molecule has 0 aromatic rings. The smallest absolute Gasteiger partial charge is 0.0582 e. The molecule has 2 rings (SSSR count). The van der Waals surface area contributed by atoms with Crippen molar-refractivity contribution in [1.82, 2.24) is 5.32 Å². The van der Waals surface area contributed by atoms with E-state index in [0.29, 0.717) is 12.2 Å². The molecule has 0 amide bonds. The number of nitrogens with one attached hydrogen (secondary N) is 1. The normalized spacial score (nSPS) is 34.0. The summed E-state index contributed by atoms with van der Waals surface area (Å²) in [5.41, 5.74) is 0. The standard InChI is InChI=1S/C13H25NO/c1-10(9-14-12-4-3-5-12)8-13-7-6-11(2)15-13/h10-14H,3-9H2,1-2H3. The highest BCUT2D eigenvalue weighted by Crippen LogP contribution is 2.25. The van der Waals surface area contributed by atoms with Crippen molar-refractivity contribution in [3.8, 4) is 0 Å². The lowest BCUT2D eigenvalue weighted by molar-refractivity contribution is 0.0419. The van der Waals surface area contributed by atoms with Crippen LogP contribution in [0.1, 0.15) is 52.4 Å². The van der Waals surface area contributed by atoms with Crippen LogP contribution < -0.4 is 5.32 Å². The fourth-order valence-corrected chi connectivity index (χ4v) is 2.57. The third-order valence-corrected chi connectivity index (χ3v) is 3.85. The molecule has 3 atom stereocenters. The summed E-state index contributed by atoms with van der Waals surface area (Å²) >= 11 is 0. The van der Waals surface area contributed by atoms with Gasteiger partial charge in [0.05, 0.1) is 12.2 Å². The largest absolute Gasteiger partial charge is 0.375 e. The molecule has 1 aliphatic heterocycles. The predicted molar refractivity (Wildman–Crippen MR) is 63.0 cm³/mol. The molecule has 3 unspecified atom stereocenters. The van der Waals surface area contributed by atoms with E-state index in [1.165, 1.54) is 45.1 Å². The summed E-state index contributed by atoms with van der Waals surface area (Å²) in [6.45, 7) is 5.72. The topological polar surface area (TPSA) is 21.3 Å². The minimum absolute atomic E-state index is 0.502. The molecule has 1 saturated heterocycles. The molecule has 1 N–H and O–H groups in total. The minimum Gasteiger partial charge on any atom is -0.375 e. The van der Waals surface area contributed by atoms with Gasteiger partial charge in [-0.15, -0.1) is 0 Å². The van der Waals surface area contributed by atoms with Crippen molar-refractivity contribution in [3.05, 3.63) is 0 Å². The first-order chi connectivity index (χ1) is 7.24. The molecule has 15 heavy (non-hydrogen) atoms. The molecule has 2 nitrogen and oxygen atoms in total. The highest BCUT2D eigenvalue weighted by molar-refractivity contribution is 4.78. The number of rotatable bonds is 5. The zero-order valence-corrected chi connectivity index (χ0v) is 10.2. The zero-order chi connectivity index (χ0) is 10.7. The second-order valence-electron chi connectivity index (χ2n) is 5.52. The van der Waals surface area contributed by atoms with E-state index in [4.69, 9.17) is 4.74 Å². The lowest BCUT2D eigenvalue weighted by Gasteiger charge is -2.28. The Morgan fingerprint density at radius 2 is 2.07 bits per heavy atom. The van der Waals surface area contributed by atoms with E-state index in [-0.39, 0.29) is 0 Å². The lowest BCUT2D eigenvalue weighted by Crippen LogP contribution is -2.38. The maximum absolute atomic E-state index is 5.85. The SMILES string of the molecule is CC(CNC1CCC1)CC1CCC(C)O1. The average Bonchev–Trinajstić information content (AvgIpc) is 2.48. The van der Waals surface area contributed by atoms with E-state index in [0.717, 1.165) is 12.0 Å². The maximum Gasteiger partial charge on any atom is 0.0582 e. The van der Waals surface area contributed by atoms with E-state index in [1.807, 2.05) is 0 Å². The summed E-state index contributed by atoms with van der Waals surface area (Å²) < 4.78 is 5.85. The molecular formula is C13H25NO. The minimum atomic E-state index is 0.502. The van der Waals surface area contributed by atoms with E-state index >= 15 is 0 Å². The molecule has 2 heteroatoms. The summed E-state index contributed by atoms with van der Waals surface area (Å²) in [7, 11) is 0. The van der Waals surface area contributed by atoms with Crippen LogP contribution in [0.3, 0.4) is 0 Å². The summed E-state index contributed by atoms with van der Waals surface area (Å²) in [4.78, 5) is 0. The Kier molecular flexibility index (Phi) is 4.04. The van der Waals surface area contributed by atoms with Crippen molar-refractivity contribution in [1.29, 1.82) is 0 Å². The molecule has 1 heterocycles. The van der Waals surface area contributed by atoms with Gasteiger partial charge in [-0.3, -0.25) is 0 Å². The van der Waals surface area contributed by atoms with Crippen molar-refractivity contribution < 1.29 is 4.74 Å². The van der Waals surface area contributed by atoms with Crippen LogP contribution in [-0.4, -0.2) is 24.8 Å². The van der Waals surface area contributed by atoms with Crippen LogP contribution in [0.25, 0.3) is 0 Å². The van der Waals surface area contributed by atoms with Crippen LogP contribution in [0.2, 0.25) is 0 Å². The third-order valence-electron chi connectivity index (χ3n) is 3.85. The zero-order valence-electron chi connectivity index (χ0n) is 10.2. The van der Waals surface area contributed by atoms with Gasteiger partial charge in [0.2, 0.25) is 0 Å². The van der Waals surface area contributed by atoms with Gasteiger partial charge in [-0.2, -0.15) is 0 Å². The maximum atomic E-state index is 5.85. The third kappa shape index (κ3) is 3.46.